The number of halogens is 1. The van der Waals surface area contributed by atoms with Gasteiger partial charge >= 0.3 is 0 Å². The molecule has 1 atom stereocenters. The summed E-state index contributed by atoms with van der Waals surface area (Å²) in [6.07, 6.45) is 2.54. The van der Waals surface area contributed by atoms with E-state index in [1.54, 1.807) is 0 Å². The minimum atomic E-state index is -0.243. The molecule has 4 heteroatoms. The monoisotopic (exact) mass is 229 g/mol. The Balaban J connectivity index is 3.10. The van der Waals surface area contributed by atoms with Crippen LogP contribution in [-0.2, 0) is 6.42 Å². The van der Waals surface area contributed by atoms with Crippen molar-refractivity contribution in [3.05, 3.63) is 23.5 Å². The minimum absolute atomic E-state index is 0.0408. The third kappa shape index (κ3) is 3.11. The van der Waals surface area contributed by atoms with Gasteiger partial charge in [-0.2, -0.15) is 0 Å². The van der Waals surface area contributed by atoms with Crippen LogP contribution in [0.5, 0.6) is 5.75 Å². The molecule has 1 aromatic rings. The standard InChI is InChI=1S/C11H16FNOS/c1-7(13)4-8-5-11(15-3)9(12)6-10(8)14-2/h5-7H,4,13H2,1-3H3. The smallest absolute Gasteiger partial charge is 0.140 e. The molecule has 0 bridgehead atoms. The summed E-state index contributed by atoms with van der Waals surface area (Å²) < 4.78 is 18.5. The maximum Gasteiger partial charge on any atom is 0.140 e. The van der Waals surface area contributed by atoms with E-state index in [0.717, 1.165) is 5.56 Å². The molecule has 0 saturated carbocycles. The Bertz CT molecular complexity index is 342. The maximum atomic E-state index is 13.4. The highest BCUT2D eigenvalue weighted by molar-refractivity contribution is 7.98. The molecule has 0 fully saturated rings. The highest BCUT2D eigenvalue weighted by Crippen LogP contribution is 2.28. The van der Waals surface area contributed by atoms with Crippen molar-refractivity contribution in [3.8, 4) is 5.75 Å². The first-order chi connectivity index (χ1) is 7.08. The van der Waals surface area contributed by atoms with Crippen LogP contribution in [0.15, 0.2) is 17.0 Å². The molecular weight excluding hydrogens is 213 g/mol. The summed E-state index contributed by atoms with van der Waals surface area (Å²) in [7, 11) is 1.54. The van der Waals surface area contributed by atoms with E-state index in [1.807, 2.05) is 19.2 Å². The zero-order valence-electron chi connectivity index (χ0n) is 9.21. The zero-order chi connectivity index (χ0) is 11.4. The molecule has 0 heterocycles. The van der Waals surface area contributed by atoms with Gasteiger partial charge in [0.15, 0.2) is 0 Å². The number of hydrogen-bond donors (Lipinski definition) is 1. The van der Waals surface area contributed by atoms with Crippen molar-refractivity contribution in [2.24, 2.45) is 5.73 Å². The van der Waals surface area contributed by atoms with E-state index < -0.39 is 0 Å². The molecule has 1 aromatic carbocycles. The lowest BCUT2D eigenvalue weighted by atomic mass is 10.1. The summed E-state index contributed by atoms with van der Waals surface area (Å²) in [6.45, 7) is 1.92. The molecule has 2 nitrogen and oxygen atoms in total. The van der Waals surface area contributed by atoms with E-state index in [4.69, 9.17) is 10.5 Å². The Kier molecular flexibility index (Phi) is 4.42. The normalized spacial score (nSPS) is 12.6. The molecule has 1 rings (SSSR count). The number of methoxy groups -OCH3 is 1. The lowest BCUT2D eigenvalue weighted by molar-refractivity contribution is 0.403. The van der Waals surface area contributed by atoms with Crippen molar-refractivity contribution in [2.75, 3.05) is 13.4 Å². The summed E-state index contributed by atoms with van der Waals surface area (Å²) >= 11 is 1.38. The molecule has 0 aliphatic carbocycles. The quantitative estimate of drug-likeness (QED) is 0.805. The van der Waals surface area contributed by atoms with Crippen molar-refractivity contribution in [1.29, 1.82) is 0 Å². The molecule has 2 N–H and O–H groups in total. The van der Waals surface area contributed by atoms with E-state index in [0.29, 0.717) is 17.1 Å². The van der Waals surface area contributed by atoms with Crippen LogP contribution in [0.2, 0.25) is 0 Å². The van der Waals surface area contributed by atoms with Gasteiger partial charge in [-0.3, -0.25) is 0 Å². The van der Waals surface area contributed by atoms with Gasteiger partial charge in [0.1, 0.15) is 11.6 Å². The highest BCUT2D eigenvalue weighted by atomic mass is 32.2. The first-order valence-corrected chi connectivity index (χ1v) is 5.97. The predicted octanol–water partition coefficient (Wildman–Crippen LogP) is 2.45. The predicted molar refractivity (Wildman–Crippen MR) is 62.1 cm³/mol. The van der Waals surface area contributed by atoms with Gasteiger partial charge in [-0.25, -0.2) is 4.39 Å². The van der Waals surface area contributed by atoms with Crippen molar-refractivity contribution in [2.45, 2.75) is 24.3 Å². The Labute approximate surface area is 94.0 Å². The second-order valence-electron chi connectivity index (χ2n) is 3.48. The fraction of sp³-hybridized carbons (Fsp3) is 0.455. The fourth-order valence-corrected chi connectivity index (χ4v) is 1.94. The molecular formula is C11H16FNOS. The second kappa shape index (κ2) is 5.37. The molecule has 0 amide bonds. The van der Waals surface area contributed by atoms with E-state index in [-0.39, 0.29) is 11.9 Å². The van der Waals surface area contributed by atoms with E-state index in [9.17, 15) is 4.39 Å². The van der Waals surface area contributed by atoms with Crippen LogP contribution in [-0.4, -0.2) is 19.4 Å². The average molecular weight is 229 g/mol. The molecule has 0 spiro atoms. The third-order valence-electron chi connectivity index (χ3n) is 2.10. The number of nitrogens with two attached hydrogens (primary N) is 1. The lowest BCUT2D eigenvalue weighted by Crippen LogP contribution is -2.18. The Morgan fingerprint density at radius 3 is 2.67 bits per heavy atom. The van der Waals surface area contributed by atoms with Crippen LogP contribution in [0.1, 0.15) is 12.5 Å². The number of rotatable bonds is 4. The number of hydrogen-bond acceptors (Lipinski definition) is 3. The maximum absolute atomic E-state index is 13.4. The molecule has 15 heavy (non-hydrogen) atoms. The molecule has 0 saturated heterocycles. The van der Waals surface area contributed by atoms with Crippen LogP contribution < -0.4 is 10.5 Å². The van der Waals surface area contributed by atoms with Crippen molar-refractivity contribution < 1.29 is 9.13 Å². The van der Waals surface area contributed by atoms with Crippen LogP contribution in [0.25, 0.3) is 0 Å². The van der Waals surface area contributed by atoms with Crippen LogP contribution in [0.3, 0.4) is 0 Å². The number of benzene rings is 1. The van der Waals surface area contributed by atoms with Gasteiger partial charge in [0.05, 0.1) is 7.11 Å². The molecule has 84 valence electrons. The van der Waals surface area contributed by atoms with Gasteiger partial charge in [-0.05, 0) is 31.2 Å². The summed E-state index contributed by atoms with van der Waals surface area (Å²) in [5, 5.41) is 0. The SMILES string of the molecule is COc1cc(F)c(SC)cc1CC(C)N. The number of ether oxygens (including phenoxy) is 1. The number of thioether (sulfide) groups is 1. The topological polar surface area (TPSA) is 35.2 Å². The van der Waals surface area contributed by atoms with Gasteiger partial charge in [0, 0.05) is 17.0 Å². The Morgan fingerprint density at radius 2 is 2.20 bits per heavy atom. The van der Waals surface area contributed by atoms with Gasteiger partial charge in [0.25, 0.3) is 0 Å². The molecule has 1 unspecified atom stereocenters. The first kappa shape index (κ1) is 12.3. The van der Waals surface area contributed by atoms with Crippen molar-refractivity contribution in [1.82, 2.24) is 0 Å². The van der Waals surface area contributed by atoms with Crippen LogP contribution in [0.4, 0.5) is 4.39 Å². The summed E-state index contributed by atoms with van der Waals surface area (Å²) in [5.74, 6) is 0.329. The van der Waals surface area contributed by atoms with Gasteiger partial charge in [0.2, 0.25) is 0 Å². The first-order valence-electron chi connectivity index (χ1n) is 4.74. The fourth-order valence-electron chi connectivity index (χ4n) is 1.43. The van der Waals surface area contributed by atoms with Gasteiger partial charge < -0.3 is 10.5 Å². The molecule has 0 aliphatic heterocycles. The van der Waals surface area contributed by atoms with Gasteiger partial charge in [-0.1, -0.05) is 0 Å². The molecule has 0 radical (unpaired) electrons. The largest absolute Gasteiger partial charge is 0.496 e. The van der Waals surface area contributed by atoms with Crippen molar-refractivity contribution >= 4 is 11.8 Å². The molecule has 0 aromatic heterocycles. The zero-order valence-corrected chi connectivity index (χ0v) is 10.0. The average Bonchev–Trinajstić information content (AvgIpc) is 2.19. The van der Waals surface area contributed by atoms with E-state index in [1.165, 1.54) is 24.9 Å². The highest BCUT2D eigenvalue weighted by Gasteiger charge is 2.11. The lowest BCUT2D eigenvalue weighted by Gasteiger charge is -2.12. The molecule has 0 aliphatic rings. The van der Waals surface area contributed by atoms with E-state index in [2.05, 4.69) is 0 Å². The van der Waals surface area contributed by atoms with Crippen LogP contribution >= 0.6 is 11.8 Å². The van der Waals surface area contributed by atoms with Crippen LogP contribution in [0, 0.1) is 5.82 Å². The third-order valence-corrected chi connectivity index (χ3v) is 2.85. The van der Waals surface area contributed by atoms with Crippen molar-refractivity contribution in [3.63, 3.8) is 0 Å². The Morgan fingerprint density at radius 1 is 1.53 bits per heavy atom. The van der Waals surface area contributed by atoms with E-state index >= 15 is 0 Å². The minimum Gasteiger partial charge on any atom is -0.496 e. The van der Waals surface area contributed by atoms with Gasteiger partial charge in [-0.15, -0.1) is 11.8 Å². The summed E-state index contributed by atoms with van der Waals surface area (Å²) in [6, 6.07) is 3.27. The second-order valence-corrected chi connectivity index (χ2v) is 4.33. The summed E-state index contributed by atoms with van der Waals surface area (Å²) in [4.78, 5) is 0.631. The Hall–Kier alpha value is -0.740. The summed E-state index contributed by atoms with van der Waals surface area (Å²) in [5.41, 5.74) is 6.68.